The first-order valence-corrected chi connectivity index (χ1v) is 8.88. The van der Waals surface area contributed by atoms with Gasteiger partial charge in [0.25, 0.3) is 0 Å². The summed E-state index contributed by atoms with van der Waals surface area (Å²) in [6, 6.07) is 5.34. The largest absolute Gasteiger partial charge is 0.416 e. The second kappa shape index (κ2) is 8.37. The zero-order valence-electron chi connectivity index (χ0n) is 14.7. The molecule has 0 bridgehead atoms. The van der Waals surface area contributed by atoms with Crippen LogP contribution < -0.4 is 0 Å². The lowest BCUT2D eigenvalue weighted by Crippen LogP contribution is -2.51. The number of ether oxygens (including phenoxy) is 1. The third-order valence-electron chi connectivity index (χ3n) is 4.88. The highest BCUT2D eigenvalue weighted by Gasteiger charge is 2.30. The van der Waals surface area contributed by atoms with Gasteiger partial charge in [-0.15, -0.1) is 0 Å². The first-order valence-electron chi connectivity index (χ1n) is 8.88. The number of alkyl halides is 3. The summed E-state index contributed by atoms with van der Waals surface area (Å²) in [5, 5.41) is 0. The normalized spacial score (nSPS) is 20.3. The number of carbonyl (C=O) groups excluding carboxylic acids is 1. The van der Waals surface area contributed by atoms with E-state index in [-0.39, 0.29) is 5.91 Å². The van der Waals surface area contributed by atoms with Gasteiger partial charge in [0.15, 0.2) is 0 Å². The third-order valence-corrected chi connectivity index (χ3v) is 4.88. The Hall–Kier alpha value is -1.64. The van der Waals surface area contributed by atoms with E-state index in [9.17, 15) is 18.0 Å². The van der Waals surface area contributed by atoms with Crippen molar-refractivity contribution in [2.45, 2.75) is 12.7 Å². The fraction of sp³-hybridized carbons (Fsp3) is 0.611. The van der Waals surface area contributed by atoms with E-state index >= 15 is 0 Å². The van der Waals surface area contributed by atoms with E-state index in [1.165, 1.54) is 12.1 Å². The average Bonchev–Trinajstić information content (AvgIpc) is 2.64. The molecule has 5 nitrogen and oxygen atoms in total. The summed E-state index contributed by atoms with van der Waals surface area (Å²) in [4.78, 5) is 18.5. The van der Waals surface area contributed by atoms with Gasteiger partial charge in [-0.2, -0.15) is 13.2 Å². The molecule has 1 aromatic carbocycles. The quantitative estimate of drug-likeness (QED) is 0.807. The Morgan fingerprint density at radius 1 is 0.923 bits per heavy atom. The van der Waals surface area contributed by atoms with Crippen molar-refractivity contribution in [1.82, 2.24) is 14.7 Å². The van der Waals surface area contributed by atoms with Crippen LogP contribution in [0, 0.1) is 0 Å². The number of hydrogen-bond acceptors (Lipinski definition) is 4. The number of halogens is 3. The monoisotopic (exact) mass is 371 g/mol. The average molecular weight is 371 g/mol. The number of amides is 1. The van der Waals surface area contributed by atoms with Crippen LogP contribution in [0.15, 0.2) is 24.3 Å². The van der Waals surface area contributed by atoms with Crippen molar-refractivity contribution in [2.75, 3.05) is 59.0 Å². The highest BCUT2D eigenvalue weighted by Crippen LogP contribution is 2.29. The number of carbonyl (C=O) groups is 1. The van der Waals surface area contributed by atoms with Crippen LogP contribution in [0.3, 0.4) is 0 Å². The Kier molecular flexibility index (Phi) is 6.16. The van der Waals surface area contributed by atoms with Crippen molar-refractivity contribution in [3.05, 3.63) is 35.4 Å². The molecule has 0 aliphatic carbocycles. The van der Waals surface area contributed by atoms with E-state index in [0.717, 1.165) is 43.9 Å². The molecule has 8 heteroatoms. The SMILES string of the molecule is O=C(CN1CCN(Cc2ccc(C(F)(F)F)cc2)CC1)N1CCOCC1. The minimum atomic E-state index is -4.29. The van der Waals surface area contributed by atoms with Gasteiger partial charge in [0.05, 0.1) is 25.3 Å². The van der Waals surface area contributed by atoms with Crippen LogP contribution in [0.2, 0.25) is 0 Å². The molecule has 2 fully saturated rings. The molecular formula is C18H24F3N3O2. The van der Waals surface area contributed by atoms with Gasteiger partial charge in [0, 0.05) is 45.8 Å². The fourth-order valence-corrected chi connectivity index (χ4v) is 3.27. The molecule has 2 aliphatic rings. The molecule has 0 atom stereocenters. The molecule has 0 spiro atoms. The molecule has 0 unspecified atom stereocenters. The smallest absolute Gasteiger partial charge is 0.378 e. The number of hydrogen-bond donors (Lipinski definition) is 0. The first-order chi connectivity index (χ1) is 12.4. The van der Waals surface area contributed by atoms with Gasteiger partial charge >= 0.3 is 6.18 Å². The molecule has 0 radical (unpaired) electrons. The van der Waals surface area contributed by atoms with E-state index in [0.29, 0.717) is 39.4 Å². The molecule has 2 heterocycles. The summed E-state index contributed by atoms with van der Waals surface area (Å²) in [5.74, 6) is 0.143. The summed E-state index contributed by atoms with van der Waals surface area (Å²) >= 11 is 0. The number of rotatable bonds is 4. The van der Waals surface area contributed by atoms with Crippen LogP contribution in [-0.2, 0) is 22.3 Å². The molecule has 26 heavy (non-hydrogen) atoms. The summed E-state index contributed by atoms with van der Waals surface area (Å²) in [7, 11) is 0. The maximum absolute atomic E-state index is 12.6. The maximum Gasteiger partial charge on any atom is 0.416 e. The van der Waals surface area contributed by atoms with Crippen LogP contribution in [0.5, 0.6) is 0 Å². The van der Waals surface area contributed by atoms with Crippen molar-refractivity contribution in [3.8, 4) is 0 Å². The molecule has 144 valence electrons. The van der Waals surface area contributed by atoms with E-state index in [1.807, 2.05) is 4.90 Å². The molecule has 1 aromatic rings. The van der Waals surface area contributed by atoms with Gasteiger partial charge in [-0.3, -0.25) is 14.6 Å². The number of morpholine rings is 1. The fourth-order valence-electron chi connectivity index (χ4n) is 3.27. The van der Waals surface area contributed by atoms with Crippen molar-refractivity contribution in [3.63, 3.8) is 0 Å². The highest BCUT2D eigenvalue weighted by atomic mass is 19.4. The number of piperazine rings is 1. The van der Waals surface area contributed by atoms with Crippen molar-refractivity contribution < 1.29 is 22.7 Å². The Balaban J connectivity index is 1.43. The molecule has 2 aliphatic heterocycles. The van der Waals surface area contributed by atoms with Gasteiger partial charge < -0.3 is 9.64 Å². The molecule has 1 amide bonds. The highest BCUT2D eigenvalue weighted by molar-refractivity contribution is 5.78. The molecular weight excluding hydrogens is 347 g/mol. The van der Waals surface area contributed by atoms with Crippen LogP contribution >= 0.6 is 0 Å². The number of benzene rings is 1. The van der Waals surface area contributed by atoms with Crippen LogP contribution in [0.4, 0.5) is 13.2 Å². The standard InChI is InChI=1S/C18H24F3N3O2/c19-18(20,21)16-3-1-15(2-4-16)13-22-5-7-23(8-6-22)14-17(25)24-9-11-26-12-10-24/h1-4H,5-14H2. The molecule has 0 N–H and O–H groups in total. The van der Waals surface area contributed by atoms with Crippen molar-refractivity contribution in [1.29, 1.82) is 0 Å². The van der Waals surface area contributed by atoms with E-state index < -0.39 is 11.7 Å². The van der Waals surface area contributed by atoms with Crippen LogP contribution in [0.25, 0.3) is 0 Å². The zero-order valence-corrected chi connectivity index (χ0v) is 14.7. The minimum absolute atomic E-state index is 0.143. The lowest BCUT2D eigenvalue weighted by molar-refractivity contribution is -0.138. The second-order valence-electron chi connectivity index (χ2n) is 6.74. The van der Waals surface area contributed by atoms with Crippen molar-refractivity contribution in [2.24, 2.45) is 0 Å². The Bertz CT molecular complexity index is 593. The number of nitrogens with zero attached hydrogens (tertiary/aromatic N) is 3. The van der Waals surface area contributed by atoms with Gasteiger partial charge in [-0.05, 0) is 17.7 Å². The molecule has 0 aromatic heterocycles. The lowest BCUT2D eigenvalue weighted by Gasteiger charge is -2.36. The van der Waals surface area contributed by atoms with E-state index in [1.54, 1.807) is 0 Å². The minimum Gasteiger partial charge on any atom is -0.378 e. The Labute approximate surface area is 151 Å². The van der Waals surface area contributed by atoms with E-state index in [2.05, 4.69) is 9.80 Å². The topological polar surface area (TPSA) is 36.0 Å². The van der Waals surface area contributed by atoms with Gasteiger partial charge in [0.1, 0.15) is 0 Å². The second-order valence-corrected chi connectivity index (χ2v) is 6.74. The Morgan fingerprint density at radius 2 is 1.50 bits per heavy atom. The lowest BCUT2D eigenvalue weighted by atomic mass is 10.1. The molecule has 2 saturated heterocycles. The summed E-state index contributed by atoms with van der Waals surface area (Å²) < 4.78 is 43.1. The van der Waals surface area contributed by atoms with Crippen LogP contribution in [0.1, 0.15) is 11.1 Å². The van der Waals surface area contributed by atoms with Gasteiger partial charge in [-0.1, -0.05) is 12.1 Å². The van der Waals surface area contributed by atoms with Gasteiger partial charge in [-0.25, -0.2) is 0 Å². The Morgan fingerprint density at radius 3 is 2.08 bits per heavy atom. The summed E-state index contributed by atoms with van der Waals surface area (Å²) in [5.41, 5.74) is 0.253. The van der Waals surface area contributed by atoms with Gasteiger partial charge in [0.2, 0.25) is 5.91 Å². The molecule has 3 rings (SSSR count). The van der Waals surface area contributed by atoms with Crippen molar-refractivity contribution >= 4 is 5.91 Å². The zero-order chi connectivity index (χ0) is 18.6. The third kappa shape index (κ3) is 5.18. The first kappa shape index (κ1) is 19.1. The van der Waals surface area contributed by atoms with E-state index in [4.69, 9.17) is 4.74 Å². The van der Waals surface area contributed by atoms with Crippen LogP contribution in [-0.4, -0.2) is 79.6 Å². The summed E-state index contributed by atoms with van der Waals surface area (Å²) in [6.45, 7) is 6.76. The maximum atomic E-state index is 12.6. The summed E-state index contributed by atoms with van der Waals surface area (Å²) in [6.07, 6.45) is -4.29. The molecule has 0 saturated carbocycles. The predicted octanol–water partition coefficient (Wildman–Crippen LogP) is 1.68. The predicted molar refractivity (Wildman–Crippen MR) is 90.6 cm³/mol.